The van der Waals surface area contributed by atoms with E-state index in [0.717, 1.165) is 6.54 Å². The van der Waals surface area contributed by atoms with Gasteiger partial charge in [0.25, 0.3) is 0 Å². The maximum Gasteiger partial charge on any atom is 0.224 e. The zero-order valence-corrected chi connectivity index (χ0v) is 10.9. The molecule has 2 N–H and O–H groups in total. The molecule has 1 aromatic carbocycles. The van der Waals surface area contributed by atoms with E-state index in [2.05, 4.69) is 25.1 Å². The number of hydrogen-bond donors (Lipinski definition) is 1. The van der Waals surface area contributed by atoms with Crippen LogP contribution >= 0.6 is 0 Å². The summed E-state index contributed by atoms with van der Waals surface area (Å²) in [5, 5.41) is 0. The molecule has 0 saturated carbocycles. The molecule has 0 bridgehead atoms. The lowest BCUT2D eigenvalue weighted by atomic mass is 10.1. The van der Waals surface area contributed by atoms with E-state index in [1.54, 1.807) is 0 Å². The van der Waals surface area contributed by atoms with Crippen molar-refractivity contribution in [2.75, 3.05) is 6.54 Å². The minimum Gasteiger partial charge on any atom is -0.339 e. The molecule has 0 fully saturated rings. The molecular formula is C14H22N2O. The Bertz CT molecular complexity index is 374. The van der Waals surface area contributed by atoms with E-state index in [4.69, 9.17) is 5.73 Å². The van der Waals surface area contributed by atoms with Gasteiger partial charge in [-0.05, 0) is 26.3 Å². The van der Waals surface area contributed by atoms with Gasteiger partial charge in [0.2, 0.25) is 5.91 Å². The van der Waals surface area contributed by atoms with Crippen LogP contribution in [0.15, 0.2) is 24.3 Å². The fraction of sp³-hybridized carbons (Fsp3) is 0.500. The van der Waals surface area contributed by atoms with Crippen molar-refractivity contribution < 1.29 is 4.79 Å². The summed E-state index contributed by atoms with van der Waals surface area (Å²) in [5.41, 5.74) is 8.05. The number of aryl methyl sites for hydroxylation is 1. The monoisotopic (exact) mass is 234 g/mol. The lowest BCUT2D eigenvalue weighted by Gasteiger charge is -2.22. The third-order valence-electron chi connectivity index (χ3n) is 2.69. The van der Waals surface area contributed by atoms with Crippen LogP contribution in [-0.4, -0.2) is 23.4 Å². The van der Waals surface area contributed by atoms with Crippen molar-refractivity contribution in [2.24, 2.45) is 5.73 Å². The largest absolute Gasteiger partial charge is 0.339 e. The van der Waals surface area contributed by atoms with Crippen molar-refractivity contribution in [1.82, 2.24) is 4.90 Å². The van der Waals surface area contributed by atoms with Crippen molar-refractivity contribution in [3.63, 3.8) is 0 Å². The lowest BCUT2D eigenvalue weighted by molar-refractivity contribution is -0.131. The van der Waals surface area contributed by atoms with Gasteiger partial charge in [0, 0.05) is 25.6 Å². The summed E-state index contributed by atoms with van der Waals surface area (Å²) < 4.78 is 0. The molecule has 94 valence electrons. The predicted octanol–water partition coefficient (Wildman–Crippen LogP) is 2.08. The smallest absolute Gasteiger partial charge is 0.224 e. The normalized spacial score (nSPS) is 12.2. The Kier molecular flexibility index (Phi) is 5.16. The molecule has 3 nitrogen and oxygen atoms in total. The molecule has 1 aromatic rings. The molecule has 0 radical (unpaired) electrons. The average Bonchev–Trinajstić information content (AvgIpc) is 2.24. The molecule has 0 aliphatic carbocycles. The Hall–Kier alpha value is -1.35. The van der Waals surface area contributed by atoms with Gasteiger partial charge in [-0.25, -0.2) is 0 Å². The van der Waals surface area contributed by atoms with E-state index in [-0.39, 0.29) is 11.9 Å². The van der Waals surface area contributed by atoms with Crippen LogP contribution in [0.25, 0.3) is 0 Å². The van der Waals surface area contributed by atoms with Gasteiger partial charge in [-0.1, -0.05) is 29.8 Å². The number of hydrogen-bond acceptors (Lipinski definition) is 2. The highest BCUT2D eigenvalue weighted by molar-refractivity contribution is 5.76. The SMILES string of the molecule is CCN(Cc1cccc(C)c1)C(=O)CC(C)N. The fourth-order valence-electron chi connectivity index (χ4n) is 1.81. The summed E-state index contributed by atoms with van der Waals surface area (Å²) in [6.45, 7) is 7.31. The average molecular weight is 234 g/mol. The summed E-state index contributed by atoms with van der Waals surface area (Å²) in [6, 6.07) is 8.17. The van der Waals surface area contributed by atoms with E-state index in [9.17, 15) is 4.79 Å². The molecule has 0 spiro atoms. The van der Waals surface area contributed by atoms with Gasteiger partial charge in [0.15, 0.2) is 0 Å². The van der Waals surface area contributed by atoms with Gasteiger partial charge in [0.05, 0.1) is 0 Å². The van der Waals surface area contributed by atoms with Crippen LogP contribution in [-0.2, 0) is 11.3 Å². The van der Waals surface area contributed by atoms with Crippen LogP contribution in [0.5, 0.6) is 0 Å². The van der Waals surface area contributed by atoms with E-state index in [1.165, 1.54) is 11.1 Å². The molecule has 0 aliphatic rings. The molecule has 3 heteroatoms. The third kappa shape index (κ3) is 4.57. The predicted molar refractivity (Wildman–Crippen MR) is 70.5 cm³/mol. The topological polar surface area (TPSA) is 46.3 Å². The maximum absolute atomic E-state index is 11.9. The van der Waals surface area contributed by atoms with Crippen molar-refractivity contribution in [3.8, 4) is 0 Å². The Morgan fingerprint density at radius 2 is 2.18 bits per heavy atom. The van der Waals surface area contributed by atoms with Gasteiger partial charge < -0.3 is 10.6 Å². The Labute approximate surface area is 104 Å². The summed E-state index contributed by atoms with van der Waals surface area (Å²) in [5.74, 6) is 0.129. The Morgan fingerprint density at radius 3 is 2.71 bits per heavy atom. The molecular weight excluding hydrogens is 212 g/mol. The molecule has 1 rings (SSSR count). The van der Waals surface area contributed by atoms with Crippen molar-refractivity contribution >= 4 is 5.91 Å². The van der Waals surface area contributed by atoms with Gasteiger partial charge in [-0.15, -0.1) is 0 Å². The second-order valence-electron chi connectivity index (χ2n) is 4.58. The van der Waals surface area contributed by atoms with Crippen LogP contribution in [0.2, 0.25) is 0 Å². The molecule has 0 aliphatic heterocycles. The minimum absolute atomic E-state index is 0.0749. The first kappa shape index (κ1) is 13.7. The van der Waals surface area contributed by atoms with Gasteiger partial charge in [0.1, 0.15) is 0 Å². The number of carbonyl (C=O) groups excluding carboxylic acids is 1. The number of nitrogens with zero attached hydrogens (tertiary/aromatic N) is 1. The Morgan fingerprint density at radius 1 is 1.47 bits per heavy atom. The molecule has 17 heavy (non-hydrogen) atoms. The highest BCUT2D eigenvalue weighted by Gasteiger charge is 2.13. The van der Waals surface area contributed by atoms with E-state index < -0.39 is 0 Å². The summed E-state index contributed by atoms with van der Waals surface area (Å²) in [6.07, 6.45) is 0.416. The first-order chi connectivity index (χ1) is 8.02. The number of nitrogens with two attached hydrogens (primary N) is 1. The molecule has 0 saturated heterocycles. The highest BCUT2D eigenvalue weighted by atomic mass is 16.2. The van der Waals surface area contributed by atoms with Gasteiger partial charge in [-0.3, -0.25) is 4.79 Å². The second kappa shape index (κ2) is 6.40. The van der Waals surface area contributed by atoms with Crippen LogP contribution in [0.4, 0.5) is 0 Å². The third-order valence-corrected chi connectivity index (χ3v) is 2.69. The quantitative estimate of drug-likeness (QED) is 0.848. The number of amides is 1. The van der Waals surface area contributed by atoms with Crippen LogP contribution in [0.3, 0.4) is 0 Å². The summed E-state index contributed by atoms with van der Waals surface area (Å²) in [4.78, 5) is 13.8. The molecule has 0 aromatic heterocycles. The van der Waals surface area contributed by atoms with Gasteiger partial charge >= 0.3 is 0 Å². The zero-order chi connectivity index (χ0) is 12.8. The van der Waals surface area contributed by atoms with Crippen molar-refractivity contribution in [1.29, 1.82) is 0 Å². The van der Waals surface area contributed by atoms with Crippen molar-refractivity contribution in [3.05, 3.63) is 35.4 Å². The summed E-state index contributed by atoms with van der Waals surface area (Å²) in [7, 11) is 0. The van der Waals surface area contributed by atoms with E-state index in [1.807, 2.05) is 24.8 Å². The molecule has 1 amide bonds. The maximum atomic E-state index is 11.9. The van der Waals surface area contributed by atoms with E-state index in [0.29, 0.717) is 13.0 Å². The second-order valence-corrected chi connectivity index (χ2v) is 4.58. The Balaban J connectivity index is 2.66. The number of carbonyl (C=O) groups is 1. The van der Waals surface area contributed by atoms with Gasteiger partial charge in [-0.2, -0.15) is 0 Å². The van der Waals surface area contributed by atoms with E-state index >= 15 is 0 Å². The summed E-state index contributed by atoms with van der Waals surface area (Å²) >= 11 is 0. The standard InChI is InChI=1S/C14H22N2O/c1-4-16(14(17)9-12(3)15)10-13-7-5-6-11(2)8-13/h5-8,12H,4,9-10,15H2,1-3H3. The first-order valence-corrected chi connectivity index (χ1v) is 6.11. The van der Waals surface area contributed by atoms with Crippen LogP contribution < -0.4 is 5.73 Å². The minimum atomic E-state index is -0.0749. The first-order valence-electron chi connectivity index (χ1n) is 6.11. The van der Waals surface area contributed by atoms with Crippen LogP contribution in [0.1, 0.15) is 31.4 Å². The van der Waals surface area contributed by atoms with Crippen LogP contribution in [0, 0.1) is 6.92 Å². The molecule has 1 atom stereocenters. The molecule has 0 heterocycles. The molecule has 1 unspecified atom stereocenters. The lowest BCUT2D eigenvalue weighted by Crippen LogP contribution is -2.34. The highest BCUT2D eigenvalue weighted by Crippen LogP contribution is 2.09. The number of rotatable bonds is 5. The van der Waals surface area contributed by atoms with Crippen molar-refractivity contribution in [2.45, 2.75) is 39.8 Å². The zero-order valence-electron chi connectivity index (χ0n) is 10.9. The fourth-order valence-corrected chi connectivity index (χ4v) is 1.81. The number of benzene rings is 1.